The Hall–Kier alpha value is -1.22. The van der Waals surface area contributed by atoms with Crippen molar-refractivity contribution >= 4 is 0 Å². The third-order valence-electron chi connectivity index (χ3n) is 2.11. The minimum atomic E-state index is 0.713. The highest BCUT2D eigenvalue weighted by molar-refractivity contribution is 4.99. The molecule has 3 heteroatoms. The van der Waals surface area contributed by atoms with E-state index >= 15 is 0 Å². The smallest absolute Gasteiger partial charge is 0.142 e. The van der Waals surface area contributed by atoms with Gasteiger partial charge in [-0.05, 0) is 25.9 Å². The van der Waals surface area contributed by atoms with Gasteiger partial charge >= 0.3 is 0 Å². The molecule has 0 radical (unpaired) electrons. The first kappa shape index (κ1) is 11.9. The van der Waals surface area contributed by atoms with Crippen molar-refractivity contribution in [3.63, 3.8) is 0 Å². The Morgan fingerprint density at radius 3 is 2.47 bits per heavy atom. The summed E-state index contributed by atoms with van der Waals surface area (Å²) >= 11 is 0. The fourth-order valence-electron chi connectivity index (χ4n) is 1.33. The Kier molecular flexibility index (Phi) is 6.41. The van der Waals surface area contributed by atoms with E-state index in [1.165, 1.54) is 44.9 Å². The van der Waals surface area contributed by atoms with Crippen molar-refractivity contribution in [2.45, 2.75) is 25.7 Å². The molecule has 2 heterocycles. The van der Waals surface area contributed by atoms with Crippen molar-refractivity contribution in [1.29, 1.82) is 0 Å². The monoisotopic (exact) mass is 209 g/mol. The first-order valence-electron chi connectivity index (χ1n) is 5.41. The van der Waals surface area contributed by atoms with Gasteiger partial charge in [-0.3, -0.25) is 0 Å². The molecule has 0 saturated carbocycles. The zero-order valence-electron chi connectivity index (χ0n) is 9.08. The highest BCUT2D eigenvalue weighted by Crippen LogP contribution is 2.08. The number of hydrogen-bond acceptors (Lipinski definition) is 3. The molecule has 1 N–H and O–H groups in total. The molecule has 0 spiro atoms. The number of nitrogens with one attached hydrogen (secondary N) is 1. The lowest BCUT2D eigenvalue weighted by Crippen LogP contribution is -2.21. The van der Waals surface area contributed by atoms with Crippen LogP contribution in [0.15, 0.2) is 37.2 Å². The van der Waals surface area contributed by atoms with Gasteiger partial charge in [0.1, 0.15) is 24.5 Å². The molecule has 0 aromatic rings. The summed E-state index contributed by atoms with van der Waals surface area (Å²) in [7, 11) is 0. The van der Waals surface area contributed by atoms with Crippen LogP contribution < -0.4 is 5.32 Å². The molecule has 0 aliphatic carbocycles. The van der Waals surface area contributed by atoms with E-state index in [0.717, 1.165) is 5.76 Å². The van der Waals surface area contributed by atoms with Crippen LogP contribution in [0.3, 0.4) is 0 Å². The van der Waals surface area contributed by atoms with Gasteiger partial charge in [0.25, 0.3) is 0 Å². The zero-order valence-corrected chi connectivity index (χ0v) is 9.08. The normalized spacial score (nSPS) is 18.8. The van der Waals surface area contributed by atoms with Crippen LogP contribution in [0.4, 0.5) is 0 Å². The van der Waals surface area contributed by atoms with E-state index in [9.17, 15) is 0 Å². The summed E-state index contributed by atoms with van der Waals surface area (Å²) in [6.07, 6.45) is 11.2. The summed E-state index contributed by atoms with van der Waals surface area (Å²) in [5.74, 6) is 0.785. The van der Waals surface area contributed by atoms with Gasteiger partial charge in [-0.1, -0.05) is 12.5 Å². The number of ether oxygens (including phenoxy) is 2. The van der Waals surface area contributed by atoms with E-state index in [1.807, 2.05) is 0 Å². The second kappa shape index (κ2) is 8.12. The molecule has 0 unspecified atom stereocenters. The van der Waals surface area contributed by atoms with Crippen LogP contribution in [-0.4, -0.2) is 13.1 Å². The summed E-state index contributed by atoms with van der Waals surface area (Å²) in [6, 6.07) is 0. The lowest BCUT2D eigenvalue weighted by molar-refractivity contribution is 0.252. The van der Waals surface area contributed by atoms with Crippen LogP contribution in [-0.2, 0) is 9.47 Å². The maximum Gasteiger partial charge on any atom is 0.142 e. The second-order valence-electron chi connectivity index (χ2n) is 3.41. The lowest BCUT2D eigenvalue weighted by atomic mass is 10.2. The Labute approximate surface area is 91.5 Å². The highest BCUT2D eigenvalue weighted by Gasteiger charge is 1.96. The predicted octanol–water partition coefficient (Wildman–Crippen LogP) is 2.68. The minimum absolute atomic E-state index is 0.713. The molecule has 0 atom stereocenters. The molecule has 0 amide bonds. The fourth-order valence-corrected chi connectivity index (χ4v) is 1.33. The Bertz CT molecular complexity index is 214. The first-order valence-corrected chi connectivity index (χ1v) is 5.41. The van der Waals surface area contributed by atoms with E-state index in [4.69, 9.17) is 9.47 Å². The van der Waals surface area contributed by atoms with Gasteiger partial charge in [-0.2, -0.15) is 0 Å². The van der Waals surface area contributed by atoms with E-state index in [-0.39, 0.29) is 0 Å². The molecule has 84 valence electrons. The molecule has 0 bridgehead atoms. The van der Waals surface area contributed by atoms with Crippen LogP contribution >= 0.6 is 0 Å². The molecular formula is C12H19NO2. The van der Waals surface area contributed by atoms with E-state index in [2.05, 4.69) is 11.9 Å². The summed E-state index contributed by atoms with van der Waals surface area (Å²) in [5.41, 5.74) is 0. The second-order valence-corrected chi connectivity index (χ2v) is 3.41. The molecule has 0 aromatic carbocycles. The van der Waals surface area contributed by atoms with Crippen LogP contribution in [0.5, 0.6) is 0 Å². The largest absolute Gasteiger partial charge is 0.466 e. The molecule has 1 fully saturated rings. The topological polar surface area (TPSA) is 30.5 Å². The predicted molar refractivity (Wildman–Crippen MR) is 60.9 cm³/mol. The van der Waals surface area contributed by atoms with Crippen molar-refractivity contribution in [1.82, 2.24) is 5.32 Å². The van der Waals surface area contributed by atoms with Crippen molar-refractivity contribution in [2.24, 2.45) is 0 Å². The van der Waals surface area contributed by atoms with Crippen molar-refractivity contribution in [3.05, 3.63) is 37.2 Å². The third kappa shape index (κ3) is 5.96. The number of rotatable bonds is 2. The van der Waals surface area contributed by atoms with Crippen molar-refractivity contribution in [2.75, 3.05) is 13.1 Å². The number of piperidine rings is 1. The summed E-state index contributed by atoms with van der Waals surface area (Å²) in [4.78, 5) is 0. The molecular weight excluding hydrogens is 190 g/mol. The Balaban J connectivity index is 0.000000162. The third-order valence-corrected chi connectivity index (χ3v) is 2.11. The van der Waals surface area contributed by atoms with Gasteiger partial charge < -0.3 is 14.8 Å². The van der Waals surface area contributed by atoms with E-state index < -0.39 is 0 Å². The SMILES string of the molecule is C1CCNCC1.C=CCC1=COC=CO1. The summed E-state index contributed by atoms with van der Waals surface area (Å²) < 4.78 is 9.82. The van der Waals surface area contributed by atoms with Gasteiger partial charge in [0.05, 0.1) is 0 Å². The lowest BCUT2D eigenvalue weighted by Gasteiger charge is -2.08. The maximum atomic E-state index is 5.00. The Morgan fingerprint density at radius 1 is 1.27 bits per heavy atom. The first-order chi connectivity index (χ1) is 7.43. The average molecular weight is 209 g/mol. The van der Waals surface area contributed by atoms with Crippen LogP contribution in [0.1, 0.15) is 25.7 Å². The molecule has 15 heavy (non-hydrogen) atoms. The molecule has 2 aliphatic heterocycles. The average Bonchev–Trinajstić information content (AvgIpc) is 2.34. The van der Waals surface area contributed by atoms with Gasteiger partial charge in [-0.25, -0.2) is 0 Å². The molecule has 3 nitrogen and oxygen atoms in total. The van der Waals surface area contributed by atoms with Crippen molar-refractivity contribution in [3.8, 4) is 0 Å². The van der Waals surface area contributed by atoms with E-state index in [0.29, 0.717) is 6.42 Å². The fraction of sp³-hybridized carbons (Fsp3) is 0.500. The minimum Gasteiger partial charge on any atom is -0.466 e. The van der Waals surface area contributed by atoms with Crippen LogP contribution in [0.2, 0.25) is 0 Å². The van der Waals surface area contributed by atoms with E-state index in [1.54, 1.807) is 12.3 Å². The number of allylic oxidation sites excluding steroid dienone is 1. The quantitative estimate of drug-likeness (QED) is 0.709. The molecule has 2 aliphatic rings. The van der Waals surface area contributed by atoms with Gasteiger partial charge in [0.2, 0.25) is 0 Å². The van der Waals surface area contributed by atoms with Gasteiger partial charge in [-0.15, -0.1) is 6.58 Å². The van der Waals surface area contributed by atoms with Gasteiger partial charge in [0, 0.05) is 6.42 Å². The van der Waals surface area contributed by atoms with Crippen LogP contribution in [0.25, 0.3) is 0 Å². The van der Waals surface area contributed by atoms with Crippen molar-refractivity contribution < 1.29 is 9.47 Å². The van der Waals surface area contributed by atoms with Crippen LogP contribution in [0, 0.1) is 0 Å². The summed E-state index contributed by atoms with van der Waals surface area (Å²) in [5, 5.41) is 3.28. The highest BCUT2D eigenvalue weighted by atomic mass is 16.5. The molecule has 0 aromatic heterocycles. The van der Waals surface area contributed by atoms with Gasteiger partial charge in [0.15, 0.2) is 0 Å². The molecule has 2 rings (SSSR count). The molecule has 1 saturated heterocycles. The Morgan fingerprint density at radius 2 is 2.07 bits per heavy atom. The maximum absolute atomic E-state index is 5.00. The zero-order chi connectivity index (χ0) is 10.8. The summed E-state index contributed by atoms with van der Waals surface area (Å²) in [6.45, 7) is 6.05. The number of hydrogen-bond donors (Lipinski definition) is 1. The standard InChI is InChI=1S/C7H8O2.C5H11N/c1-2-3-7-6-8-4-5-9-7;1-2-4-6-5-3-1/h2,4-6H,1,3H2;6H,1-5H2.